The van der Waals surface area contributed by atoms with Crippen molar-refractivity contribution < 1.29 is 14.7 Å². The van der Waals surface area contributed by atoms with Crippen molar-refractivity contribution in [3.63, 3.8) is 0 Å². The summed E-state index contributed by atoms with van der Waals surface area (Å²) in [7, 11) is 0. The number of hydrogen-bond acceptors (Lipinski definition) is 6. The van der Waals surface area contributed by atoms with Crippen LogP contribution >= 0.6 is 24.0 Å². The number of benzene rings is 1. The molecule has 1 saturated heterocycles. The summed E-state index contributed by atoms with van der Waals surface area (Å²) in [5, 5.41) is 8.65. The fraction of sp³-hybridized carbons (Fsp3) is 0.278. The summed E-state index contributed by atoms with van der Waals surface area (Å²) in [6, 6.07) is 5.66. The van der Waals surface area contributed by atoms with Crippen LogP contribution in [0, 0.1) is 0 Å². The first kappa shape index (κ1) is 18.5. The summed E-state index contributed by atoms with van der Waals surface area (Å²) < 4.78 is 0.533. The van der Waals surface area contributed by atoms with E-state index in [0.29, 0.717) is 22.2 Å². The number of unbranched alkanes of at least 4 members (excludes halogenated alkanes) is 2. The fourth-order valence-electron chi connectivity index (χ4n) is 2.69. The first-order chi connectivity index (χ1) is 12.6. The highest BCUT2D eigenvalue weighted by Gasteiger charge is 2.31. The standard InChI is InChI=1S/C18H17N3O3S2/c22-15(23)7-2-1-3-10-21-17(24)14(26-18(21)25)11-12-5-4-6-13-16(12)20-9-8-19-13/h4-6,8-9,11H,1-3,7,10H2,(H,22,23). The second-order valence-electron chi connectivity index (χ2n) is 5.81. The van der Waals surface area contributed by atoms with Gasteiger partial charge in [-0.2, -0.15) is 0 Å². The number of rotatable bonds is 7. The van der Waals surface area contributed by atoms with Gasteiger partial charge in [-0.25, -0.2) is 0 Å². The SMILES string of the molecule is O=C(O)CCCCCN1C(=O)C(=Cc2cccc3nccnc23)SC1=S. The monoisotopic (exact) mass is 387 g/mol. The lowest BCUT2D eigenvalue weighted by molar-refractivity contribution is -0.137. The van der Waals surface area contributed by atoms with Crippen LogP contribution in [0.4, 0.5) is 0 Å². The summed E-state index contributed by atoms with van der Waals surface area (Å²) in [6.45, 7) is 0.511. The lowest BCUT2D eigenvalue weighted by atomic mass is 10.1. The quantitative estimate of drug-likeness (QED) is 0.442. The molecule has 0 unspecified atom stereocenters. The molecule has 1 fully saturated rings. The van der Waals surface area contributed by atoms with Crippen LogP contribution in [0.15, 0.2) is 35.5 Å². The van der Waals surface area contributed by atoms with E-state index in [1.807, 2.05) is 18.2 Å². The first-order valence-electron chi connectivity index (χ1n) is 8.23. The van der Waals surface area contributed by atoms with Crippen molar-refractivity contribution in [2.45, 2.75) is 25.7 Å². The molecule has 2 aromatic rings. The lowest BCUT2D eigenvalue weighted by Gasteiger charge is -2.13. The molecule has 1 aromatic carbocycles. The van der Waals surface area contributed by atoms with E-state index in [1.54, 1.807) is 23.4 Å². The average molecular weight is 387 g/mol. The second kappa shape index (κ2) is 8.37. The Labute approximate surface area is 160 Å². The molecular weight excluding hydrogens is 370 g/mol. The number of carbonyl (C=O) groups is 2. The van der Waals surface area contributed by atoms with Gasteiger partial charge in [0, 0.05) is 30.9 Å². The third-order valence-electron chi connectivity index (χ3n) is 3.96. The van der Waals surface area contributed by atoms with Gasteiger partial charge >= 0.3 is 5.97 Å². The summed E-state index contributed by atoms with van der Waals surface area (Å²) in [5.41, 5.74) is 2.35. The molecular formula is C18H17N3O3S2. The molecule has 1 aliphatic rings. The van der Waals surface area contributed by atoms with E-state index in [-0.39, 0.29) is 12.3 Å². The highest BCUT2D eigenvalue weighted by atomic mass is 32.2. The Bertz CT molecular complexity index is 893. The third-order valence-corrected chi connectivity index (χ3v) is 5.34. The largest absolute Gasteiger partial charge is 0.481 e. The number of thioether (sulfide) groups is 1. The van der Waals surface area contributed by atoms with E-state index in [0.717, 1.165) is 29.4 Å². The van der Waals surface area contributed by atoms with Crippen LogP contribution in [0.5, 0.6) is 0 Å². The number of carbonyl (C=O) groups excluding carboxylic acids is 1. The van der Waals surface area contributed by atoms with Crippen molar-refractivity contribution in [3.05, 3.63) is 41.1 Å². The molecule has 0 spiro atoms. The average Bonchev–Trinajstić information content (AvgIpc) is 2.89. The number of carboxylic acid groups (broad SMARTS) is 1. The van der Waals surface area contributed by atoms with E-state index in [1.165, 1.54) is 11.8 Å². The molecule has 0 atom stereocenters. The molecule has 0 radical (unpaired) electrons. The maximum absolute atomic E-state index is 12.6. The molecule has 0 saturated carbocycles. The number of para-hydroxylation sites is 1. The molecule has 1 aliphatic heterocycles. The van der Waals surface area contributed by atoms with E-state index in [4.69, 9.17) is 17.3 Å². The summed E-state index contributed by atoms with van der Waals surface area (Å²) in [4.78, 5) is 34.0. The van der Waals surface area contributed by atoms with Crippen molar-refractivity contribution >= 4 is 57.3 Å². The maximum Gasteiger partial charge on any atom is 0.303 e. The van der Waals surface area contributed by atoms with Crippen LogP contribution in [-0.4, -0.2) is 42.7 Å². The molecule has 0 aliphatic carbocycles. The van der Waals surface area contributed by atoms with E-state index in [2.05, 4.69) is 9.97 Å². The van der Waals surface area contributed by atoms with Crippen LogP contribution in [0.3, 0.4) is 0 Å². The van der Waals surface area contributed by atoms with Gasteiger partial charge in [0.15, 0.2) is 0 Å². The number of aliphatic carboxylic acids is 1. The van der Waals surface area contributed by atoms with Crippen molar-refractivity contribution in [1.82, 2.24) is 14.9 Å². The first-order valence-corrected chi connectivity index (χ1v) is 9.45. The number of nitrogens with zero attached hydrogens (tertiary/aromatic N) is 3. The second-order valence-corrected chi connectivity index (χ2v) is 7.48. The minimum Gasteiger partial charge on any atom is -0.481 e. The van der Waals surface area contributed by atoms with E-state index >= 15 is 0 Å². The number of fused-ring (bicyclic) bond motifs is 1. The van der Waals surface area contributed by atoms with Crippen molar-refractivity contribution in [2.24, 2.45) is 0 Å². The van der Waals surface area contributed by atoms with Gasteiger partial charge in [0.25, 0.3) is 5.91 Å². The van der Waals surface area contributed by atoms with Crippen molar-refractivity contribution in [3.8, 4) is 0 Å². The van der Waals surface area contributed by atoms with E-state index in [9.17, 15) is 9.59 Å². The van der Waals surface area contributed by atoms with Crippen molar-refractivity contribution in [1.29, 1.82) is 0 Å². The van der Waals surface area contributed by atoms with Gasteiger partial charge in [-0.05, 0) is 25.0 Å². The van der Waals surface area contributed by atoms with Crippen LogP contribution < -0.4 is 0 Å². The molecule has 1 aromatic heterocycles. The molecule has 3 rings (SSSR count). The number of carboxylic acids is 1. The van der Waals surface area contributed by atoms with Crippen molar-refractivity contribution in [2.75, 3.05) is 6.54 Å². The van der Waals surface area contributed by atoms with Gasteiger partial charge in [0.05, 0.1) is 15.9 Å². The minimum atomic E-state index is -0.795. The van der Waals surface area contributed by atoms with E-state index < -0.39 is 5.97 Å². The maximum atomic E-state index is 12.6. The van der Waals surface area contributed by atoms with Crippen LogP contribution in [0.2, 0.25) is 0 Å². The van der Waals surface area contributed by atoms with Gasteiger partial charge in [-0.3, -0.25) is 24.5 Å². The molecule has 6 nitrogen and oxygen atoms in total. The van der Waals surface area contributed by atoms with Crippen LogP contribution in [0.25, 0.3) is 17.1 Å². The van der Waals surface area contributed by atoms with Crippen LogP contribution in [0.1, 0.15) is 31.2 Å². The minimum absolute atomic E-state index is 0.112. The Morgan fingerprint density at radius 3 is 2.85 bits per heavy atom. The number of amides is 1. The van der Waals surface area contributed by atoms with Crippen LogP contribution in [-0.2, 0) is 9.59 Å². The normalized spacial score (nSPS) is 16.0. The fourth-order valence-corrected chi connectivity index (χ4v) is 3.99. The molecule has 2 heterocycles. The molecule has 1 amide bonds. The predicted molar refractivity (Wildman–Crippen MR) is 106 cm³/mol. The Hall–Kier alpha value is -2.32. The zero-order valence-electron chi connectivity index (χ0n) is 13.9. The van der Waals surface area contributed by atoms with Gasteiger partial charge < -0.3 is 5.11 Å². The highest BCUT2D eigenvalue weighted by molar-refractivity contribution is 8.26. The topological polar surface area (TPSA) is 83.4 Å². The smallest absolute Gasteiger partial charge is 0.303 e. The zero-order valence-corrected chi connectivity index (χ0v) is 15.6. The Kier molecular flexibility index (Phi) is 5.95. The Morgan fingerprint density at radius 1 is 1.23 bits per heavy atom. The summed E-state index contributed by atoms with van der Waals surface area (Å²) in [6.07, 6.45) is 7.31. The third kappa shape index (κ3) is 4.25. The Balaban J connectivity index is 1.70. The predicted octanol–water partition coefficient (Wildman–Crippen LogP) is 3.48. The van der Waals surface area contributed by atoms with Gasteiger partial charge in [0.2, 0.25) is 0 Å². The number of hydrogen-bond donors (Lipinski definition) is 1. The molecule has 8 heteroatoms. The Morgan fingerprint density at radius 2 is 2.04 bits per heavy atom. The number of aromatic nitrogens is 2. The molecule has 134 valence electrons. The lowest BCUT2D eigenvalue weighted by Crippen LogP contribution is -2.29. The number of thiocarbonyl (C=S) groups is 1. The molecule has 1 N–H and O–H groups in total. The van der Waals surface area contributed by atoms with Gasteiger partial charge in [-0.1, -0.05) is 42.5 Å². The molecule has 26 heavy (non-hydrogen) atoms. The van der Waals surface area contributed by atoms with Gasteiger partial charge in [-0.15, -0.1) is 0 Å². The molecule has 0 bridgehead atoms. The van der Waals surface area contributed by atoms with Gasteiger partial charge in [0.1, 0.15) is 4.32 Å². The zero-order chi connectivity index (χ0) is 18.5. The summed E-state index contributed by atoms with van der Waals surface area (Å²) >= 11 is 6.61. The highest BCUT2D eigenvalue weighted by Crippen LogP contribution is 2.33. The summed E-state index contributed by atoms with van der Waals surface area (Å²) in [5.74, 6) is -0.907.